The maximum Gasteiger partial charge on any atom is 0.247 e. The van der Waals surface area contributed by atoms with Crippen LogP contribution in [0.3, 0.4) is 0 Å². The smallest absolute Gasteiger partial charge is 0.247 e. The van der Waals surface area contributed by atoms with Gasteiger partial charge in [-0.25, -0.2) is 15.0 Å². The van der Waals surface area contributed by atoms with Gasteiger partial charge in [0.15, 0.2) is 5.82 Å². The number of para-hydroxylation sites is 1. The number of amides is 1. The van der Waals surface area contributed by atoms with Crippen LogP contribution in [0.1, 0.15) is 44.7 Å². The van der Waals surface area contributed by atoms with Gasteiger partial charge in [0, 0.05) is 37.7 Å². The summed E-state index contributed by atoms with van der Waals surface area (Å²) in [6, 6.07) is 24.0. The lowest BCUT2D eigenvalue weighted by molar-refractivity contribution is -0.111. The molecule has 2 aliphatic rings. The lowest BCUT2D eigenvalue weighted by Gasteiger charge is -2.39. The Labute approximate surface area is 288 Å². The first-order valence-corrected chi connectivity index (χ1v) is 17.0. The first-order chi connectivity index (χ1) is 24.0. The highest BCUT2D eigenvalue weighted by Gasteiger charge is 2.30. The molecule has 0 aliphatic carbocycles. The van der Waals surface area contributed by atoms with Crippen LogP contribution in [0.15, 0.2) is 91.8 Å². The number of ether oxygens (including phenoxy) is 2. The average Bonchev–Trinajstić information content (AvgIpc) is 3.64. The summed E-state index contributed by atoms with van der Waals surface area (Å²) in [6.07, 6.45) is 5.67. The summed E-state index contributed by atoms with van der Waals surface area (Å²) in [7, 11) is 1.64. The van der Waals surface area contributed by atoms with Gasteiger partial charge in [0.05, 0.1) is 36.8 Å². The highest BCUT2D eigenvalue weighted by atomic mass is 16.7. The molecule has 6 rings (SSSR count). The Bertz CT molecular complexity index is 1720. The highest BCUT2D eigenvalue weighted by Crippen LogP contribution is 2.41. The zero-order chi connectivity index (χ0) is 34.2. The van der Waals surface area contributed by atoms with E-state index in [1.54, 1.807) is 7.11 Å². The third-order valence-electron chi connectivity index (χ3n) is 9.16. The Morgan fingerprint density at radius 3 is 2.49 bits per heavy atom. The van der Waals surface area contributed by atoms with Gasteiger partial charge in [0.2, 0.25) is 5.91 Å². The molecule has 1 aromatic heterocycles. The van der Waals surface area contributed by atoms with Gasteiger partial charge < -0.3 is 29.9 Å². The number of rotatable bonds is 13. The van der Waals surface area contributed by atoms with Crippen LogP contribution in [0, 0.1) is 0 Å². The highest BCUT2D eigenvalue weighted by molar-refractivity contribution is 6.02. The molecule has 0 saturated carbocycles. The van der Waals surface area contributed by atoms with Gasteiger partial charge in [-0.05, 0) is 67.9 Å². The number of nitrogens with one attached hydrogen (secondary N) is 2. The Hall–Kier alpha value is -5.13. The van der Waals surface area contributed by atoms with Crippen molar-refractivity contribution in [3.8, 4) is 17.2 Å². The van der Waals surface area contributed by atoms with Gasteiger partial charge in [-0.15, -0.1) is 0 Å². The SMILES string of the molecule is C=CC(=O)Nc1cc(Nc2cc(N3OCCC3c3cccc(Oc4ccccc4)c3)ncn2)c(OC)cc1N1CCC(N(CC)CC)CC1. The van der Waals surface area contributed by atoms with E-state index in [2.05, 4.69) is 56.9 Å². The molecule has 49 heavy (non-hydrogen) atoms. The van der Waals surface area contributed by atoms with E-state index in [0.29, 0.717) is 41.4 Å². The second-order valence-corrected chi connectivity index (χ2v) is 12.0. The number of hydrogen-bond acceptors (Lipinski definition) is 10. The minimum absolute atomic E-state index is 0.0671. The van der Waals surface area contributed by atoms with Crippen molar-refractivity contribution in [3.63, 3.8) is 0 Å². The molecule has 11 heteroatoms. The van der Waals surface area contributed by atoms with Crippen LogP contribution in [0.4, 0.5) is 28.7 Å². The number of nitrogens with zero attached hydrogens (tertiary/aromatic N) is 5. The molecular formula is C38H45N7O4. The van der Waals surface area contributed by atoms with Gasteiger partial charge >= 0.3 is 0 Å². The van der Waals surface area contributed by atoms with Crippen molar-refractivity contribution in [2.75, 3.05) is 60.5 Å². The Balaban J connectivity index is 1.23. The number of carbonyl (C=O) groups is 1. The molecule has 0 spiro atoms. The van der Waals surface area contributed by atoms with Crippen molar-refractivity contribution in [3.05, 3.63) is 97.3 Å². The molecule has 2 aliphatic heterocycles. The van der Waals surface area contributed by atoms with E-state index in [0.717, 1.165) is 68.2 Å². The summed E-state index contributed by atoms with van der Waals surface area (Å²) in [6.45, 7) is 12.5. The van der Waals surface area contributed by atoms with Gasteiger partial charge in [0.1, 0.15) is 29.4 Å². The summed E-state index contributed by atoms with van der Waals surface area (Å²) in [5.41, 5.74) is 3.29. The molecule has 11 nitrogen and oxygen atoms in total. The van der Waals surface area contributed by atoms with Gasteiger partial charge in [-0.1, -0.05) is 50.8 Å². The molecule has 3 heterocycles. The average molecular weight is 664 g/mol. The second-order valence-electron chi connectivity index (χ2n) is 12.0. The predicted octanol–water partition coefficient (Wildman–Crippen LogP) is 7.34. The van der Waals surface area contributed by atoms with Crippen molar-refractivity contribution < 1.29 is 19.1 Å². The minimum Gasteiger partial charge on any atom is -0.494 e. The Morgan fingerprint density at radius 2 is 1.76 bits per heavy atom. The van der Waals surface area contributed by atoms with Gasteiger partial charge in [-0.2, -0.15) is 0 Å². The van der Waals surface area contributed by atoms with E-state index >= 15 is 0 Å². The molecule has 2 fully saturated rings. The number of hydroxylamine groups is 1. The van der Waals surface area contributed by atoms with E-state index in [-0.39, 0.29) is 11.9 Å². The zero-order valence-electron chi connectivity index (χ0n) is 28.5. The summed E-state index contributed by atoms with van der Waals surface area (Å²) in [5.74, 6) is 3.04. The molecule has 1 amide bonds. The topological polar surface area (TPSA) is 104 Å². The van der Waals surface area contributed by atoms with Gasteiger partial charge in [0.25, 0.3) is 0 Å². The molecule has 1 unspecified atom stereocenters. The standard InChI is InChI=1S/C38H45N7O4/c1-5-38(46)42-31-23-32(35(47-4)24-34(31)44-19-16-28(17-20-44)43(6-2)7-3)41-36-25-37(40-26-39-36)45-33(18-21-48-45)27-12-11-15-30(22-27)49-29-13-9-8-10-14-29/h5,8-15,22-26,28,33H,1,6-7,16-21H2,2-4H3,(H,42,46)(H,39,40,41). The fourth-order valence-corrected chi connectivity index (χ4v) is 6.67. The third-order valence-corrected chi connectivity index (χ3v) is 9.16. The lowest BCUT2D eigenvalue weighted by atomic mass is 10.0. The molecule has 2 N–H and O–H groups in total. The molecule has 0 radical (unpaired) electrons. The number of piperidine rings is 1. The monoisotopic (exact) mass is 663 g/mol. The Morgan fingerprint density at radius 1 is 0.980 bits per heavy atom. The maximum atomic E-state index is 12.6. The number of methoxy groups -OCH3 is 1. The largest absolute Gasteiger partial charge is 0.494 e. The molecule has 3 aromatic carbocycles. The van der Waals surface area contributed by atoms with Crippen LogP contribution in [0.2, 0.25) is 0 Å². The molecule has 256 valence electrons. The number of benzene rings is 3. The van der Waals surface area contributed by atoms with Crippen LogP contribution >= 0.6 is 0 Å². The molecule has 2 saturated heterocycles. The number of aromatic nitrogens is 2. The van der Waals surface area contributed by atoms with Crippen molar-refractivity contribution in [1.29, 1.82) is 0 Å². The van der Waals surface area contributed by atoms with Crippen LogP contribution in [-0.4, -0.2) is 66.7 Å². The summed E-state index contributed by atoms with van der Waals surface area (Å²) < 4.78 is 12.0. The van der Waals surface area contributed by atoms with E-state index in [9.17, 15) is 4.79 Å². The maximum absolute atomic E-state index is 12.6. The minimum atomic E-state index is -0.282. The molecule has 1 atom stereocenters. The van der Waals surface area contributed by atoms with Crippen molar-refractivity contribution >= 4 is 34.6 Å². The first-order valence-electron chi connectivity index (χ1n) is 17.0. The fraction of sp³-hybridized carbons (Fsp3) is 0.342. The second kappa shape index (κ2) is 15.8. The van der Waals surface area contributed by atoms with Crippen LogP contribution in [0.5, 0.6) is 17.2 Å². The predicted molar refractivity (Wildman–Crippen MR) is 194 cm³/mol. The van der Waals surface area contributed by atoms with Crippen LogP contribution < -0.4 is 30.1 Å². The first kappa shape index (κ1) is 33.8. The number of hydrogen-bond donors (Lipinski definition) is 2. The molecule has 0 bridgehead atoms. The van der Waals surface area contributed by atoms with Crippen molar-refractivity contribution in [2.24, 2.45) is 0 Å². The third kappa shape index (κ3) is 7.96. The van der Waals surface area contributed by atoms with Crippen LogP contribution in [-0.2, 0) is 9.63 Å². The fourth-order valence-electron chi connectivity index (χ4n) is 6.67. The summed E-state index contributed by atoms with van der Waals surface area (Å²) in [4.78, 5) is 32.5. The zero-order valence-corrected chi connectivity index (χ0v) is 28.5. The molecular weight excluding hydrogens is 618 g/mol. The summed E-state index contributed by atoms with van der Waals surface area (Å²) >= 11 is 0. The number of carbonyl (C=O) groups excluding carboxylic acids is 1. The van der Waals surface area contributed by atoms with E-state index in [4.69, 9.17) is 14.3 Å². The van der Waals surface area contributed by atoms with E-state index in [1.807, 2.05) is 71.8 Å². The normalized spacial score (nSPS) is 16.4. The number of anilines is 5. The molecule has 4 aromatic rings. The quantitative estimate of drug-likeness (QED) is 0.141. The van der Waals surface area contributed by atoms with E-state index in [1.165, 1.54) is 12.4 Å². The van der Waals surface area contributed by atoms with Crippen molar-refractivity contribution in [2.45, 2.75) is 45.2 Å². The Kier molecular flexibility index (Phi) is 10.9. The van der Waals surface area contributed by atoms with E-state index < -0.39 is 0 Å². The van der Waals surface area contributed by atoms with Crippen molar-refractivity contribution in [1.82, 2.24) is 14.9 Å². The van der Waals surface area contributed by atoms with Crippen LogP contribution in [0.25, 0.3) is 0 Å². The lowest BCUT2D eigenvalue weighted by Crippen LogP contribution is -2.45. The van der Waals surface area contributed by atoms with Gasteiger partial charge in [-0.3, -0.25) is 9.63 Å². The summed E-state index contributed by atoms with van der Waals surface area (Å²) in [5, 5.41) is 8.24.